The molecular formula is C8H10BrClN2O2S2. The summed E-state index contributed by atoms with van der Waals surface area (Å²) >= 11 is 10.5. The van der Waals surface area contributed by atoms with Gasteiger partial charge in [0.05, 0.1) is 0 Å². The van der Waals surface area contributed by atoms with Gasteiger partial charge in [0, 0.05) is 23.0 Å². The maximum atomic E-state index is 11.8. The first-order chi connectivity index (χ1) is 7.47. The minimum Gasteiger partial charge on any atom is -0.242 e. The van der Waals surface area contributed by atoms with E-state index in [1.54, 1.807) is 11.8 Å². The first-order valence-electron chi connectivity index (χ1n) is 4.27. The second kappa shape index (κ2) is 6.20. The van der Waals surface area contributed by atoms with Crippen LogP contribution >= 0.6 is 39.3 Å². The molecule has 0 aliphatic carbocycles. The van der Waals surface area contributed by atoms with Crippen LogP contribution in [0.4, 0.5) is 0 Å². The Hall–Kier alpha value is 0.180. The number of thioether (sulfide) groups is 1. The van der Waals surface area contributed by atoms with Gasteiger partial charge in [-0.25, -0.2) is 18.1 Å². The number of hydrogen-bond donors (Lipinski definition) is 1. The quantitative estimate of drug-likeness (QED) is 0.656. The van der Waals surface area contributed by atoms with Gasteiger partial charge in [-0.05, 0) is 28.3 Å². The molecule has 0 aliphatic heterocycles. The maximum Gasteiger partial charge on any atom is 0.243 e. The molecule has 8 heteroatoms. The summed E-state index contributed by atoms with van der Waals surface area (Å²) in [5.41, 5.74) is 0. The van der Waals surface area contributed by atoms with Crippen LogP contribution < -0.4 is 4.72 Å². The third kappa shape index (κ3) is 3.89. The van der Waals surface area contributed by atoms with Crippen LogP contribution in [0.25, 0.3) is 0 Å². The first kappa shape index (κ1) is 14.2. The molecule has 0 bridgehead atoms. The number of halogens is 2. The third-order valence-corrected chi connectivity index (χ3v) is 4.59. The fraction of sp³-hybridized carbons (Fsp3) is 0.375. The molecule has 0 saturated heterocycles. The average Bonchev–Trinajstić information content (AvgIpc) is 2.22. The molecule has 1 aromatic rings. The molecule has 0 spiro atoms. The Labute approximate surface area is 112 Å². The lowest BCUT2D eigenvalue weighted by Gasteiger charge is -2.07. The lowest BCUT2D eigenvalue weighted by molar-refractivity contribution is 0.584. The number of rotatable bonds is 5. The van der Waals surface area contributed by atoms with Gasteiger partial charge in [-0.15, -0.1) is 0 Å². The predicted octanol–water partition coefficient (Wildman–Crippen LogP) is 2.14. The second-order valence-electron chi connectivity index (χ2n) is 2.83. The van der Waals surface area contributed by atoms with Crippen LogP contribution in [0, 0.1) is 0 Å². The summed E-state index contributed by atoms with van der Waals surface area (Å²) in [5.74, 6) is 0.707. The van der Waals surface area contributed by atoms with Crippen molar-refractivity contribution in [3.05, 3.63) is 21.9 Å². The van der Waals surface area contributed by atoms with Crippen molar-refractivity contribution in [2.24, 2.45) is 0 Å². The molecule has 90 valence electrons. The second-order valence-corrected chi connectivity index (χ2v) is 6.83. The van der Waals surface area contributed by atoms with Crippen LogP contribution in [0.5, 0.6) is 0 Å². The monoisotopic (exact) mass is 344 g/mol. The SMILES string of the molecule is CSCCNS(=O)(=O)c1cc(Br)cnc1Cl. The van der Waals surface area contributed by atoms with Crippen LogP contribution in [0.3, 0.4) is 0 Å². The van der Waals surface area contributed by atoms with Gasteiger partial charge in [-0.1, -0.05) is 11.6 Å². The summed E-state index contributed by atoms with van der Waals surface area (Å²) in [6, 6.07) is 1.43. The molecule has 0 unspecified atom stereocenters. The smallest absolute Gasteiger partial charge is 0.242 e. The van der Waals surface area contributed by atoms with E-state index in [4.69, 9.17) is 11.6 Å². The first-order valence-corrected chi connectivity index (χ1v) is 8.32. The zero-order valence-corrected chi connectivity index (χ0v) is 12.4. The molecule has 1 N–H and O–H groups in total. The number of hydrogen-bond acceptors (Lipinski definition) is 4. The minimum atomic E-state index is -3.57. The van der Waals surface area contributed by atoms with E-state index in [2.05, 4.69) is 25.6 Å². The Morgan fingerprint density at radius 3 is 2.94 bits per heavy atom. The Morgan fingerprint density at radius 1 is 1.62 bits per heavy atom. The number of nitrogens with zero attached hydrogens (tertiary/aromatic N) is 1. The zero-order chi connectivity index (χ0) is 12.2. The van der Waals surface area contributed by atoms with E-state index in [0.29, 0.717) is 16.8 Å². The highest BCUT2D eigenvalue weighted by Gasteiger charge is 2.18. The van der Waals surface area contributed by atoms with Crippen LogP contribution in [-0.4, -0.2) is 32.0 Å². The normalized spacial score (nSPS) is 11.7. The van der Waals surface area contributed by atoms with Gasteiger partial charge in [-0.3, -0.25) is 0 Å². The molecule has 0 fully saturated rings. The van der Waals surface area contributed by atoms with E-state index in [-0.39, 0.29) is 10.0 Å². The van der Waals surface area contributed by atoms with Gasteiger partial charge in [0.1, 0.15) is 10.0 Å². The molecule has 1 aromatic heterocycles. The molecule has 0 amide bonds. The Bertz CT molecular complexity index is 467. The molecule has 0 saturated carbocycles. The summed E-state index contributed by atoms with van der Waals surface area (Å²) in [7, 11) is -3.57. The molecular weight excluding hydrogens is 336 g/mol. The van der Waals surface area contributed by atoms with Crippen molar-refractivity contribution in [2.45, 2.75) is 4.90 Å². The van der Waals surface area contributed by atoms with Crippen LogP contribution in [0.1, 0.15) is 0 Å². The van der Waals surface area contributed by atoms with Gasteiger partial charge in [0.2, 0.25) is 10.0 Å². The van der Waals surface area contributed by atoms with Crippen LogP contribution in [0.2, 0.25) is 5.15 Å². The van der Waals surface area contributed by atoms with E-state index in [1.165, 1.54) is 12.3 Å². The topological polar surface area (TPSA) is 59.1 Å². The molecule has 1 heterocycles. The van der Waals surface area contributed by atoms with Gasteiger partial charge in [0.25, 0.3) is 0 Å². The Morgan fingerprint density at radius 2 is 2.31 bits per heavy atom. The summed E-state index contributed by atoms with van der Waals surface area (Å²) in [5, 5.41) is -0.0279. The van der Waals surface area contributed by atoms with Crippen molar-refractivity contribution in [1.29, 1.82) is 0 Å². The van der Waals surface area contributed by atoms with Crippen molar-refractivity contribution in [1.82, 2.24) is 9.71 Å². The fourth-order valence-corrected chi connectivity index (χ4v) is 3.36. The standard InChI is InChI=1S/C8H10BrClN2O2S2/c1-15-3-2-12-16(13,14)7-4-6(9)5-11-8(7)10/h4-5,12H,2-3H2,1H3. The Kier molecular flexibility index (Phi) is 5.52. The predicted molar refractivity (Wildman–Crippen MR) is 70.5 cm³/mol. The fourth-order valence-electron chi connectivity index (χ4n) is 0.948. The minimum absolute atomic E-state index is 0.00959. The molecule has 4 nitrogen and oxygen atoms in total. The highest BCUT2D eigenvalue weighted by Crippen LogP contribution is 2.22. The van der Waals surface area contributed by atoms with Crippen molar-refractivity contribution >= 4 is 49.3 Å². The van der Waals surface area contributed by atoms with Gasteiger partial charge < -0.3 is 0 Å². The molecule has 16 heavy (non-hydrogen) atoms. The number of sulfonamides is 1. The lowest BCUT2D eigenvalue weighted by Crippen LogP contribution is -2.26. The van der Waals surface area contributed by atoms with Crippen molar-refractivity contribution in [3.63, 3.8) is 0 Å². The number of aromatic nitrogens is 1. The largest absolute Gasteiger partial charge is 0.243 e. The molecule has 0 aliphatic rings. The lowest BCUT2D eigenvalue weighted by atomic mass is 10.5. The summed E-state index contributed by atoms with van der Waals surface area (Å²) in [6.07, 6.45) is 3.35. The highest BCUT2D eigenvalue weighted by atomic mass is 79.9. The number of nitrogens with one attached hydrogen (secondary N) is 1. The Balaban J connectivity index is 2.93. The maximum absolute atomic E-state index is 11.8. The molecule has 1 rings (SSSR count). The third-order valence-electron chi connectivity index (χ3n) is 1.66. The van der Waals surface area contributed by atoms with Crippen LogP contribution in [-0.2, 0) is 10.0 Å². The van der Waals surface area contributed by atoms with E-state index in [9.17, 15) is 8.42 Å². The molecule has 0 radical (unpaired) electrons. The summed E-state index contributed by atoms with van der Waals surface area (Å²) in [6.45, 7) is 0.367. The van der Waals surface area contributed by atoms with Gasteiger partial charge in [-0.2, -0.15) is 11.8 Å². The molecule has 0 atom stereocenters. The number of pyridine rings is 1. The van der Waals surface area contributed by atoms with E-state index in [0.717, 1.165) is 0 Å². The summed E-state index contributed by atoms with van der Waals surface area (Å²) < 4.78 is 26.7. The van der Waals surface area contributed by atoms with E-state index in [1.807, 2.05) is 6.26 Å². The highest BCUT2D eigenvalue weighted by molar-refractivity contribution is 9.10. The van der Waals surface area contributed by atoms with E-state index < -0.39 is 10.0 Å². The van der Waals surface area contributed by atoms with Crippen molar-refractivity contribution < 1.29 is 8.42 Å². The summed E-state index contributed by atoms with van der Waals surface area (Å²) in [4.78, 5) is 3.76. The van der Waals surface area contributed by atoms with Gasteiger partial charge in [0.15, 0.2) is 0 Å². The van der Waals surface area contributed by atoms with Crippen LogP contribution in [0.15, 0.2) is 21.6 Å². The molecule has 0 aromatic carbocycles. The van der Waals surface area contributed by atoms with Gasteiger partial charge >= 0.3 is 0 Å². The van der Waals surface area contributed by atoms with E-state index >= 15 is 0 Å². The zero-order valence-electron chi connectivity index (χ0n) is 8.41. The average molecular weight is 346 g/mol. The van der Waals surface area contributed by atoms with Crippen molar-refractivity contribution in [2.75, 3.05) is 18.6 Å². The van der Waals surface area contributed by atoms with Crippen molar-refractivity contribution in [3.8, 4) is 0 Å².